The Labute approximate surface area is 228 Å². The molecule has 40 heavy (non-hydrogen) atoms. The van der Waals surface area contributed by atoms with Crippen LogP contribution < -0.4 is 10.9 Å². The van der Waals surface area contributed by atoms with Crippen molar-refractivity contribution in [1.82, 2.24) is 14.9 Å². The molecule has 1 amide bonds. The van der Waals surface area contributed by atoms with E-state index >= 15 is 0 Å². The number of amides is 1. The molecule has 0 saturated carbocycles. The number of aliphatic carboxylic acids is 1. The Morgan fingerprint density at radius 3 is 2.60 bits per heavy atom. The molecule has 12 nitrogen and oxygen atoms in total. The summed E-state index contributed by atoms with van der Waals surface area (Å²) in [5.41, 5.74) is 3.43. The van der Waals surface area contributed by atoms with Crippen molar-refractivity contribution in [2.24, 2.45) is 0 Å². The topological polar surface area (TPSA) is 174 Å². The molecular weight excluding hydrogens is 522 g/mol. The third kappa shape index (κ3) is 5.24. The summed E-state index contributed by atoms with van der Waals surface area (Å²) >= 11 is 0. The molecule has 2 aliphatic rings. The van der Waals surface area contributed by atoms with Gasteiger partial charge in [-0.2, -0.15) is 0 Å². The number of carbonyl (C=O) groups excluding carboxylic acids is 3. The number of aryl methyl sites for hydroxylation is 1. The maximum Gasteiger partial charge on any atom is 0.352 e. The van der Waals surface area contributed by atoms with Crippen molar-refractivity contribution < 1.29 is 38.9 Å². The monoisotopic (exact) mass is 551 g/mol. The second kappa shape index (κ2) is 11.6. The van der Waals surface area contributed by atoms with Gasteiger partial charge in [0.05, 0.1) is 35.4 Å². The molecule has 0 fully saturated rings. The number of rotatable bonds is 7. The van der Waals surface area contributed by atoms with Gasteiger partial charge in [-0.25, -0.2) is 9.78 Å². The molecule has 5 rings (SSSR count). The summed E-state index contributed by atoms with van der Waals surface area (Å²) in [7, 11) is 0. The third-order valence-electron chi connectivity index (χ3n) is 6.63. The number of carboxylic acid groups (broad SMARTS) is 1. The van der Waals surface area contributed by atoms with Crippen molar-refractivity contribution in [3.8, 4) is 17.1 Å². The molecule has 4 heterocycles. The molecular formula is C28H29N3O9. The first-order valence-electron chi connectivity index (χ1n) is 12.9. The van der Waals surface area contributed by atoms with Crippen LogP contribution in [0.5, 0.6) is 5.75 Å². The quantitative estimate of drug-likeness (QED) is 0.289. The van der Waals surface area contributed by atoms with Gasteiger partial charge in [-0.3, -0.25) is 19.2 Å². The number of aromatic nitrogens is 2. The molecule has 12 heteroatoms. The lowest BCUT2D eigenvalue weighted by Crippen LogP contribution is -2.34. The molecule has 1 aromatic carbocycles. The summed E-state index contributed by atoms with van der Waals surface area (Å²) in [5.74, 6) is -3.52. The van der Waals surface area contributed by atoms with Gasteiger partial charge in [0.2, 0.25) is 12.0 Å². The van der Waals surface area contributed by atoms with E-state index in [2.05, 4.69) is 5.32 Å². The Bertz CT molecular complexity index is 1590. The highest BCUT2D eigenvalue weighted by molar-refractivity contribution is 5.90. The van der Waals surface area contributed by atoms with Crippen LogP contribution in [0.3, 0.4) is 0 Å². The number of phenols is 1. The van der Waals surface area contributed by atoms with E-state index in [1.54, 1.807) is 22.8 Å². The van der Waals surface area contributed by atoms with Crippen LogP contribution in [0.2, 0.25) is 0 Å². The number of fused-ring (bicyclic) bond motifs is 5. The van der Waals surface area contributed by atoms with Crippen molar-refractivity contribution in [2.75, 3.05) is 6.54 Å². The van der Waals surface area contributed by atoms with E-state index in [9.17, 15) is 29.1 Å². The van der Waals surface area contributed by atoms with Crippen molar-refractivity contribution in [2.45, 2.75) is 59.3 Å². The zero-order chi connectivity index (χ0) is 29.1. The SMILES string of the molecule is CC.CCc1c2c(nc3ccc(O)cc13)-c1cc3c(c(=O)n1C2)COC(=O)C3OC(=O)CCC(=O)NCC(=O)O. The molecule has 2 aromatic heterocycles. The molecule has 0 aliphatic carbocycles. The van der Waals surface area contributed by atoms with E-state index in [0.717, 1.165) is 16.5 Å². The van der Waals surface area contributed by atoms with Crippen molar-refractivity contribution in [3.63, 3.8) is 0 Å². The Hall–Kier alpha value is -4.74. The first-order chi connectivity index (χ1) is 19.2. The molecule has 3 aromatic rings. The van der Waals surface area contributed by atoms with E-state index < -0.39 is 48.4 Å². The van der Waals surface area contributed by atoms with E-state index in [1.807, 2.05) is 20.8 Å². The summed E-state index contributed by atoms with van der Waals surface area (Å²) in [5, 5.41) is 21.5. The van der Waals surface area contributed by atoms with Crippen LogP contribution in [0.1, 0.15) is 62.0 Å². The molecule has 1 atom stereocenters. The minimum absolute atomic E-state index is 0.108. The fraction of sp³-hybridized carbons (Fsp3) is 0.357. The summed E-state index contributed by atoms with van der Waals surface area (Å²) in [6.07, 6.45) is -1.61. The van der Waals surface area contributed by atoms with Crippen LogP contribution in [0, 0.1) is 0 Å². The third-order valence-corrected chi connectivity index (χ3v) is 6.63. The summed E-state index contributed by atoms with van der Waals surface area (Å²) in [6.45, 7) is 5.36. The number of hydrogen-bond acceptors (Lipinski definition) is 9. The van der Waals surface area contributed by atoms with E-state index in [-0.39, 0.29) is 36.4 Å². The van der Waals surface area contributed by atoms with Gasteiger partial charge in [0, 0.05) is 22.9 Å². The fourth-order valence-corrected chi connectivity index (χ4v) is 4.87. The van der Waals surface area contributed by atoms with Crippen LogP contribution in [0.15, 0.2) is 29.1 Å². The lowest BCUT2D eigenvalue weighted by atomic mass is 9.97. The predicted octanol–water partition coefficient (Wildman–Crippen LogP) is 2.34. The highest BCUT2D eigenvalue weighted by Crippen LogP contribution is 2.39. The Balaban J connectivity index is 0.00000181. The molecule has 210 valence electrons. The predicted molar refractivity (Wildman–Crippen MR) is 141 cm³/mol. The number of benzene rings is 1. The number of hydrogen-bond donors (Lipinski definition) is 3. The van der Waals surface area contributed by atoms with Crippen molar-refractivity contribution >= 4 is 34.7 Å². The zero-order valence-electron chi connectivity index (χ0n) is 22.3. The number of esters is 2. The maximum atomic E-state index is 13.5. The minimum Gasteiger partial charge on any atom is -0.508 e. The second-order valence-corrected chi connectivity index (χ2v) is 8.98. The molecule has 0 bridgehead atoms. The van der Waals surface area contributed by atoms with Crippen molar-refractivity contribution in [1.29, 1.82) is 0 Å². The average molecular weight is 552 g/mol. The Morgan fingerprint density at radius 2 is 1.90 bits per heavy atom. The number of carbonyl (C=O) groups is 4. The van der Waals surface area contributed by atoms with Crippen LogP contribution in [0.25, 0.3) is 22.3 Å². The number of phenolic OH excluding ortho intramolecular Hbond substituents is 1. The number of nitrogens with zero attached hydrogens (tertiary/aromatic N) is 2. The fourth-order valence-electron chi connectivity index (χ4n) is 4.87. The molecule has 2 aliphatic heterocycles. The number of carboxylic acids is 1. The van der Waals surface area contributed by atoms with Gasteiger partial charge < -0.3 is 29.6 Å². The van der Waals surface area contributed by atoms with Crippen LogP contribution in [-0.2, 0) is 48.2 Å². The second-order valence-electron chi connectivity index (χ2n) is 8.98. The van der Waals surface area contributed by atoms with Gasteiger partial charge >= 0.3 is 17.9 Å². The van der Waals surface area contributed by atoms with Crippen LogP contribution >= 0.6 is 0 Å². The van der Waals surface area contributed by atoms with Gasteiger partial charge in [0.15, 0.2) is 0 Å². The number of nitrogens with one attached hydrogen (secondary N) is 1. The Kier molecular flexibility index (Phi) is 8.17. The first-order valence-corrected chi connectivity index (χ1v) is 12.9. The largest absolute Gasteiger partial charge is 0.508 e. The van der Waals surface area contributed by atoms with E-state index in [4.69, 9.17) is 19.6 Å². The Morgan fingerprint density at radius 1 is 1.15 bits per heavy atom. The van der Waals surface area contributed by atoms with E-state index in [0.29, 0.717) is 23.3 Å². The highest BCUT2D eigenvalue weighted by Gasteiger charge is 2.38. The molecule has 3 N–H and O–H groups in total. The average Bonchev–Trinajstić information content (AvgIpc) is 3.30. The number of ether oxygens (including phenoxy) is 2. The zero-order valence-corrected chi connectivity index (χ0v) is 22.3. The molecule has 1 unspecified atom stereocenters. The van der Waals surface area contributed by atoms with Gasteiger partial charge in [0.25, 0.3) is 5.56 Å². The lowest BCUT2D eigenvalue weighted by Gasteiger charge is -2.25. The maximum absolute atomic E-state index is 13.5. The van der Waals surface area contributed by atoms with Gasteiger partial charge in [-0.05, 0) is 36.2 Å². The number of pyridine rings is 2. The van der Waals surface area contributed by atoms with Gasteiger partial charge in [0.1, 0.15) is 18.9 Å². The van der Waals surface area contributed by atoms with Crippen LogP contribution in [0.4, 0.5) is 0 Å². The standard InChI is InChI=1S/C26H23N3O9.C2H6/c1-2-13-14-7-12(30)3-4-18(14)28-23-16(13)10-29-19(23)8-15-17(25(29)35)11-37-26(36)24(15)38-22(34)6-5-20(31)27-9-21(32)33;1-2/h3-4,7-8,24,30H,2,5-6,9-11H2,1H3,(H,27,31)(H,32,33);1-2H3. The summed E-state index contributed by atoms with van der Waals surface area (Å²) in [6, 6.07) is 6.47. The highest BCUT2D eigenvalue weighted by atomic mass is 16.6. The van der Waals surface area contributed by atoms with Gasteiger partial charge in [-0.15, -0.1) is 0 Å². The van der Waals surface area contributed by atoms with Crippen LogP contribution in [-0.4, -0.2) is 50.1 Å². The van der Waals surface area contributed by atoms with Gasteiger partial charge in [-0.1, -0.05) is 20.8 Å². The normalized spacial score (nSPS) is 14.7. The number of aromatic hydroxyl groups is 1. The first kappa shape index (κ1) is 28.3. The minimum atomic E-state index is -1.50. The molecule has 0 saturated heterocycles. The number of cyclic esters (lactones) is 1. The molecule has 0 radical (unpaired) electrons. The van der Waals surface area contributed by atoms with E-state index in [1.165, 1.54) is 6.07 Å². The lowest BCUT2D eigenvalue weighted by molar-refractivity contribution is -0.171. The molecule has 0 spiro atoms. The summed E-state index contributed by atoms with van der Waals surface area (Å²) < 4.78 is 12.0. The van der Waals surface area contributed by atoms with Crippen molar-refractivity contribution in [3.05, 3.63) is 56.9 Å². The smallest absolute Gasteiger partial charge is 0.352 e. The summed E-state index contributed by atoms with van der Waals surface area (Å²) in [4.78, 5) is 65.5.